The number of hydrogen-bond acceptors (Lipinski definition) is 1. The second-order valence-corrected chi connectivity index (χ2v) is 5.97. The Labute approximate surface area is 95.2 Å². The molecule has 0 saturated heterocycles. The zero-order chi connectivity index (χ0) is 10.6. The van der Waals surface area contributed by atoms with E-state index in [-0.39, 0.29) is 0 Å². The van der Waals surface area contributed by atoms with E-state index in [4.69, 9.17) is 0 Å². The van der Waals surface area contributed by atoms with Gasteiger partial charge in [0.05, 0.1) is 0 Å². The molecule has 0 N–H and O–H groups in total. The highest BCUT2D eigenvalue weighted by atomic mass is 79.9. The van der Waals surface area contributed by atoms with Crippen molar-refractivity contribution in [3.05, 3.63) is 0 Å². The lowest BCUT2D eigenvalue weighted by atomic mass is 10.0. The third-order valence-corrected chi connectivity index (χ3v) is 3.18. The van der Waals surface area contributed by atoms with Crippen LogP contribution < -0.4 is 0 Å². The molecule has 1 unspecified atom stereocenters. The predicted octanol–water partition coefficient (Wildman–Crippen LogP) is 2.81. The van der Waals surface area contributed by atoms with Crippen LogP contribution in [-0.4, -0.2) is 29.2 Å². The van der Waals surface area contributed by atoms with Crippen LogP contribution in [0.1, 0.15) is 39.0 Å². The first-order valence-corrected chi connectivity index (χ1v) is 6.39. The van der Waals surface area contributed by atoms with Crippen LogP contribution in [0, 0.1) is 5.92 Å². The van der Waals surface area contributed by atoms with E-state index >= 15 is 0 Å². The fraction of sp³-hybridized carbons (Fsp3) is 0.909. The maximum Gasteiger partial charge on any atom is 0.222 e. The average Bonchev–Trinajstić information content (AvgIpc) is 2.55. The van der Waals surface area contributed by atoms with Crippen LogP contribution in [0.4, 0.5) is 0 Å². The molecule has 1 aliphatic carbocycles. The summed E-state index contributed by atoms with van der Waals surface area (Å²) in [7, 11) is 1.90. The summed E-state index contributed by atoms with van der Waals surface area (Å²) in [6.07, 6.45) is 5.90. The van der Waals surface area contributed by atoms with Gasteiger partial charge >= 0.3 is 0 Å². The molecule has 0 spiro atoms. The first-order valence-electron chi connectivity index (χ1n) is 5.47. The second kappa shape index (κ2) is 5.74. The van der Waals surface area contributed by atoms with Gasteiger partial charge in [-0.05, 0) is 18.8 Å². The van der Waals surface area contributed by atoms with Gasteiger partial charge in [0.15, 0.2) is 0 Å². The van der Waals surface area contributed by atoms with E-state index in [1.807, 2.05) is 11.9 Å². The Morgan fingerprint density at radius 2 is 2.07 bits per heavy atom. The number of amides is 1. The van der Waals surface area contributed by atoms with Crippen molar-refractivity contribution < 1.29 is 4.79 Å². The molecule has 82 valence electrons. The van der Waals surface area contributed by atoms with E-state index in [2.05, 4.69) is 22.9 Å². The minimum absolute atomic E-state index is 0.309. The molecule has 1 atom stereocenters. The Morgan fingerprint density at radius 3 is 2.57 bits per heavy atom. The van der Waals surface area contributed by atoms with E-state index in [1.165, 1.54) is 25.7 Å². The molecular formula is C11H20BrNO. The zero-order valence-corrected chi connectivity index (χ0v) is 10.7. The van der Waals surface area contributed by atoms with Gasteiger partial charge in [-0.2, -0.15) is 0 Å². The maximum atomic E-state index is 11.7. The molecule has 0 heterocycles. The third kappa shape index (κ3) is 3.99. The molecule has 1 saturated carbocycles. The SMILES string of the molecule is CC(Br)CN(C)C(=O)CC1CCCC1. The second-order valence-electron chi connectivity index (χ2n) is 4.41. The van der Waals surface area contributed by atoms with Gasteiger partial charge in [-0.1, -0.05) is 35.7 Å². The molecular weight excluding hydrogens is 242 g/mol. The van der Waals surface area contributed by atoms with Crippen molar-refractivity contribution in [3.8, 4) is 0 Å². The van der Waals surface area contributed by atoms with Gasteiger partial charge in [0, 0.05) is 24.8 Å². The van der Waals surface area contributed by atoms with Gasteiger partial charge in [0.25, 0.3) is 0 Å². The van der Waals surface area contributed by atoms with Crippen molar-refractivity contribution in [2.24, 2.45) is 5.92 Å². The van der Waals surface area contributed by atoms with Gasteiger partial charge in [-0.25, -0.2) is 0 Å². The van der Waals surface area contributed by atoms with Crippen LogP contribution in [0.15, 0.2) is 0 Å². The summed E-state index contributed by atoms with van der Waals surface area (Å²) >= 11 is 3.46. The summed E-state index contributed by atoms with van der Waals surface area (Å²) < 4.78 is 0. The van der Waals surface area contributed by atoms with Crippen molar-refractivity contribution in [2.75, 3.05) is 13.6 Å². The maximum absolute atomic E-state index is 11.7. The summed E-state index contributed by atoms with van der Waals surface area (Å²) in [5.74, 6) is 0.971. The Kier molecular flexibility index (Phi) is 4.93. The summed E-state index contributed by atoms with van der Waals surface area (Å²) in [4.78, 5) is 14.0. The van der Waals surface area contributed by atoms with Crippen molar-refractivity contribution in [1.29, 1.82) is 0 Å². The lowest BCUT2D eigenvalue weighted by molar-refractivity contribution is -0.130. The number of halogens is 1. The topological polar surface area (TPSA) is 20.3 Å². The first kappa shape index (κ1) is 12.0. The van der Waals surface area contributed by atoms with Crippen LogP contribution in [0.3, 0.4) is 0 Å². The normalized spacial score (nSPS) is 19.6. The standard InChI is InChI=1S/C11H20BrNO/c1-9(12)8-13(2)11(14)7-10-5-3-4-6-10/h9-10H,3-8H2,1-2H3. The molecule has 1 amide bonds. The molecule has 0 radical (unpaired) electrons. The minimum atomic E-state index is 0.309. The molecule has 1 aliphatic rings. The molecule has 0 bridgehead atoms. The summed E-state index contributed by atoms with van der Waals surface area (Å²) in [5, 5.41) is 0. The molecule has 0 aromatic rings. The van der Waals surface area contributed by atoms with Crippen LogP contribution >= 0.6 is 15.9 Å². The number of nitrogens with zero attached hydrogens (tertiary/aromatic N) is 1. The molecule has 2 nitrogen and oxygen atoms in total. The van der Waals surface area contributed by atoms with Crippen molar-refractivity contribution in [1.82, 2.24) is 4.90 Å². The lowest BCUT2D eigenvalue weighted by Gasteiger charge is -2.20. The highest BCUT2D eigenvalue weighted by Gasteiger charge is 2.20. The number of carbonyl (C=O) groups is 1. The number of alkyl halides is 1. The highest BCUT2D eigenvalue weighted by Crippen LogP contribution is 2.27. The monoisotopic (exact) mass is 261 g/mol. The molecule has 1 fully saturated rings. The summed E-state index contributed by atoms with van der Waals surface area (Å²) in [6.45, 7) is 2.88. The Morgan fingerprint density at radius 1 is 1.50 bits per heavy atom. The highest BCUT2D eigenvalue weighted by molar-refractivity contribution is 9.09. The third-order valence-electron chi connectivity index (χ3n) is 2.89. The van der Waals surface area contributed by atoms with E-state index in [0.717, 1.165) is 13.0 Å². The van der Waals surface area contributed by atoms with Crippen LogP contribution in [-0.2, 0) is 4.79 Å². The summed E-state index contributed by atoms with van der Waals surface area (Å²) in [6, 6.07) is 0. The molecule has 14 heavy (non-hydrogen) atoms. The quantitative estimate of drug-likeness (QED) is 0.713. The fourth-order valence-electron chi connectivity index (χ4n) is 2.10. The minimum Gasteiger partial charge on any atom is -0.345 e. The molecule has 1 rings (SSSR count). The van der Waals surface area contributed by atoms with E-state index < -0.39 is 0 Å². The smallest absolute Gasteiger partial charge is 0.222 e. The van der Waals surface area contributed by atoms with E-state index in [9.17, 15) is 4.79 Å². The van der Waals surface area contributed by atoms with Gasteiger partial charge < -0.3 is 4.90 Å². The van der Waals surface area contributed by atoms with Crippen LogP contribution in [0.25, 0.3) is 0 Å². The molecule has 3 heteroatoms. The molecule has 0 aromatic carbocycles. The Balaban J connectivity index is 2.25. The van der Waals surface area contributed by atoms with Crippen molar-refractivity contribution in [2.45, 2.75) is 43.9 Å². The van der Waals surface area contributed by atoms with Crippen molar-refractivity contribution >= 4 is 21.8 Å². The van der Waals surface area contributed by atoms with Crippen molar-refractivity contribution in [3.63, 3.8) is 0 Å². The molecule has 0 aromatic heterocycles. The first-order chi connectivity index (χ1) is 6.59. The van der Waals surface area contributed by atoms with Gasteiger partial charge in [-0.15, -0.1) is 0 Å². The average molecular weight is 262 g/mol. The van der Waals surface area contributed by atoms with Gasteiger partial charge in [0.2, 0.25) is 5.91 Å². The van der Waals surface area contributed by atoms with Gasteiger partial charge in [0.1, 0.15) is 0 Å². The largest absolute Gasteiger partial charge is 0.345 e. The number of carbonyl (C=O) groups excluding carboxylic acids is 1. The van der Waals surface area contributed by atoms with E-state index in [0.29, 0.717) is 16.7 Å². The summed E-state index contributed by atoms with van der Waals surface area (Å²) in [5.41, 5.74) is 0. The lowest BCUT2D eigenvalue weighted by Crippen LogP contribution is -2.32. The Bertz CT molecular complexity index is 188. The molecule has 0 aliphatic heterocycles. The van der Waals surface area contributed by atoms with Gasteiger partial charge in [-0.3, -0.25) is 4.79 Å². The fourth-order valence-corrected chi connectivity index (χ4v) is 2.53. The van der Waals surface area contributed by atoms with Crippen LogP contribution in [0.5, 0.6) is 0 Å². The zero-order valence-electron chi connectivity index (χ0n) is 9.13. The Hall–Kier alpha value is -0.0500. The van der Waals surface area contributed by atoms with E-state index in [1.54, 1.807) is 0 Å². The van der Waals surface area contributed by atoms with Crippen LogP contribution in [0.2, 0.25) is 0 Å². The number of rotatable bonds is 4. The predicted molar refractivity (Wildman–Crippen MR) is 62.6 cm³/mol. The number of hydrogen-bond donors (Lipinski definition) is 0.